The van der Waals surface area contributed by atoms with Crippen molar-refractivity contribution in [3.63, 3.8) is 0 Å². The maximum absolute atomic E-state index is 4.06. The maximum Gasteiger partial charge on any atom is 0.168 e. The Balaban J connectivity index is 2.13. The molecule has 13 heavy (non-hydrogen) atoms. The van der Waals surface area contributed by atoms with E-state index in [0.717, 1.165) is 31.8 Å². The molecule has 0 spiro atoms. The van der Waals surface area contributed by atoms with Crippen LogP contribution in [0.5, 0.6) is 0 Å². The zero-order chi connectivity index (χ0) is 9.10. The van der Waals surface area contributed by atoms with E-state index in [4.69, 9.17) is 0 Å². The van der Waals surface area contributed by atoms with Crippen molar-refractivity contribution in [1.29, 1.82) is 0 Å². The Morgan fingerprint density at radius 1 is 1.62 bits per heavy atom. The Morgan fingerprint density at radius 2 is 2.54 bits per heavy atom. The zero-order valence-electron chi connectivity index (χ0n) is 7.90. The zero-order valence-corrected chi connectivity index (χ0v) is 7.90. The predicted molar refractivity (Wildman–Crippen MR) is 48.1 cm³/mol. The normalized spacial score (nSPS) is 22.4. The minimum atomic E-state index is 0.376. The molecule has 1 fully saturated rings. The van der Waals surface area contributed by atoms with Crippen molar-refractivity contribution < 1.29 is 0 Å². The van der Waals surface area contributed by atoms with Gasteiger partial charge < -0.3 is 5.32 Å². The lowest BCUT2D eigenvalue weighted by Gasteiger charge is -2.08. The minimum absolute atomic E-state index is 0.376. The van der Waals surface area contributed by atoms with Gasteiger partial charge in [0.05, 0.1) is 6.04 Å². The van der Waals surface area contributed by atoms with Gasteiger partial charge in [-0.1, -0.05) is 6.92 Å². The highest BCUT2D eigenvalue weighted by molar-refractivity contribution is 4.94. The number of rotatable bonds is 3. The maximum atomic E-state index is 4.06. The molecule has 0 amide bonds. The predicted octanol–water partition coefficient (Wildman–Crippen LogP) is 0.508. The standard InChI is InChI=1S/C8H15N5/c1-2-6-13-8(10-11-12-13)7-4-3-5-9-7/h7,9H,2-6H2,1H3. The molecular weight excluding hydrogens is 166 g/mol. The Morgan fingerprint density at radius 3 is 3.23 bits per heavy atom. The van der Waals surface area contributed by atoms with E-state index in [1.165, 1.54) is 6.42 Å². The van der Waals surface area contributed by atoms with Crippen LogP contribution in [0.4, 0.5) is 0 Å². The van der Waals surface area contributed by atoms with E-state index in [2.05, 4.69) is 27.8 Å². The van der Waals surface area contributed by atoms with Gasteiger partial charge in [0.25, 0.3) is 0 Å². The van der Waals surface area contributed by atoms with Gasteiger partial charge in [-0.15, -0.1) is 5.10 Å². The van der Waals surface area contributed by atoms with E-state index in [-0.39, 0.29) is 0 Å². The van der Waals surface area contributed by atoms with E-state index in [0.29, 0.717) is 6.04 Å². The van der Waals surface area contributed by atoms with E-state index >= 15 is 0 Å². The van der Waals surface area contributed by atoms with Crippen LogP contribution in [0.1, 0.15) is 38.1 Å². The number of tetrazole rings is 1. The van der Waals surface area contributed by atoms with Gasteiger partial charge in [-0.25, -0.2) is 4.68 Å². The van der Waals surface area contributed by atoms with Gasteiger partial charge in [0.2, 0.25) is 0 Å². The number of nitrogens with one attached hydrogen (secondary N) is 1. The van der Waals surface area contributed by atoms with E-state index in [9.17, 15) is 0 Å². The molecular formula is C8H15N5. The Kier molecular flexibility index (Phi) is 2.54. The average molecular weight is 181 g/mol. The summed E-state index contributed by atoms with van der Waals surface area (Å²) in [4.78, 5) is 0. The van der Waals surface area contributed by atoms with Crippen molar-refractivity contribution in [1.82, 2.24) is 25.5 Å². The summed E-state index contributed by atoms with van der Waals surface area (Å²) in [6.45, 7) is 4.14. The molecule has 1 atom stereocenters. The van der Waals surface area contributed by atoms with E-state index < -0.39 is 0 Å². The van der Waals surface area contributed by atoms with E-state index in [1.807, 2.05) is 4.68 Å². The Hall–Kier alpha value is -0.970. The molecule has 0 bridgehead atoms. The highest BCUT2D eigenvalue weighted by atomic mass is 15.5. The molecule has 1 saturated heterocycles. The lowest BCUT2D eigenvalue weighted by Crippen LogP contribution is -2.18. The SMILES string of the molecule is CCCn1nnnc1C1CCCN1. The van der Waals surface area contributed by atoms with Crippen LogP contribution in [0.25, 0.3) is 0 Å². The summed E-state index contributed by atoms with van der Waals surface area (Å²) in [5.74, 6) is 0.999. The Labute approximate surface area is 77.5 Å². The number of aryl methyl sites for hydroxylation is 1. The summed E-state index contributed by atoms with van der Waals surface area (Å²) >= 11 is 0. The fourth-order valence-electron chi connectivity index (χ4n) is 1.74. The molecule has 2 heterocycles. The minimum Gasteiger partial charge on any atom is -0.307 e. The molecule has 1 aromatic rings. The molecule has 2 rings (SSSR count). The quantitative estimate of drug-likeness (QED) is 0.738. The van der Waals surface area contributed by atoms with Gasteiger partial charge in [0.1, 0.15) is 0 Å². The molecule has 5 nitrogen and oxygen atoms in total. The lowest BCUT2D eigenvalue weighted by molar-refractivity contribution is 0.503. The summed E-state index contributed by atoms with van der Waals surface area (Å²) in [6.07, 6.45) is 3.46. The second-order valence-electron chi connectivity index (χ2n) is 3.41. The fourth-order valence-corrected chi connectivity index (χ4v) is 1.74. The second kappa shape index (κ2) is 3.83. The van der Waals surface area contributed by atoms with Crippen molar-refractivity contribution in [3.8, 4) is 0 Å². The first kappa shape index (κ1) is 8.62. The van der Waals surface area contributed by atoms with Crippen LogP contribution >= 0.6 is 0 Å². The third-order valence-electron chi connectivity index (χ3n) is 2.37. The number of aromatic nitrogens is 4. The molecule has 0 saturated carbocycles. The second-order valence-corrected chi connectivity index (χ2v) is 3.41. The molecule has 1 unspecified atom stereocenters. The first-order valence-electron chi connectivity index (χ1n) is 4.91. The largest absolute Gasteiger partial charge is 0.307 e. The van der Waals surface area contributed by atoms with Crippen LogP contribution in [0.15, 0.2) is 0 Å². The number of hydrogen-bond acceptors (Lipinski definition) is 4. The van der Waals surface area contributed by atoms with Gasteiger partial charge in [0, 0.05) is 6.54 Å². The molecule has 1 N–H and O–H groups in total. The first-order chi connectivity index (χ1) is 6.42. The van der Waals surface area contributed by atoms with Crippen molar-refractivity contribution in [2.45, 2.75) is 38.8 Å². The number of nitrogens with zero attached hydrogens (tertiary/aromatic N) is 4. The van der Waals surface area contributed by atoms with Crippen molar-refractivity contribution in [2.75, 3.05) is 6.54 Å². The van der Waals surface area contributed by atoms with Crippen LogP contribution in [0, 0.1) is 0 Å². The van der Waals surface area contributed by atoms with E-state index in [1.54, 1.807) is 0 Å². The van der Waals surface area contributed by atoms with Crippen LogP contribution in [-0.2, 0) is 6.54 Å². The summed E-state index contributed by atoms with van der Waals surface area (Å²) in [7, 11) is 0. The fraction of sp³-hybridized carbons (Fsp3) is 0.875. The highest BCUT2D eigenvalue weighted by Crippen LogP contribution is 2.20. The molecule has 1 aliphatic heterocycles. The Bertz CT molecular complexity index is 263. The van der Waals surface area contributed by atoms with Crippen molar-refractivity contribution in [3.05, 3.63) is 5.82 Å². The van der Waals surface area contributed by atoms with Gasteiger partial charge in [-0.3, -0.25) is 0 Å². The molecule has 0 aliphatic carbocycles. The summed E-state index contributed by atoms with van der Waals surface area (Å²) in [5, 5.41) is 15.1. The third-order valence-corrected chi connectivity index (χ3v) is 2.37. The average Bonchev–Trinajstić information content (AvgIpc) is 2.71. The van der Waals surface area contributed by atoms with Gasteiger partial charge >= 0.3 is 0 Å². The first-order valence-corrected chi connectivity index (χ1v) is 4.91. The highest BCUT2D eigenvalue weighted by Gasteiger charge is 2.21. The summed E-state index contributed by atoms with van der Waals surface area (Å²) in [5.41, 5.74) is 0. The van der Waals surface area contributed by atoms with Crippen molar-refractivity contribution >= 4 is 0 Å². The smallest absolute Gasteiger partial charge is 0.168 e. The van der Waals surface area contributed by atoms with Crippen LogP contribution in [0.3, 0.4) is 0 Å². The summed E-state index contributed by atoms with van der Waals surface area (Å²) < 4.78 is 1.91. The molecule has 72 valence electrons. The van der Waals surface area contributed by atoms with Gasteiger partial charge in [0.15, 0.2) is 5.82 Å². The van der Waals surface area contributed by atoms with Crippen LogP contribution in [0.2, 0.25) is 0 Å². The lowest BCUT2D eigenvalue weighted by atomic mass is 10.2. The van der Waals surface area contributed by atoms with Crippen molar-refractivity contribution in [2.24, 2.45) is 0 Å². The van der Waals surface area contributed by atoms with Crippen LogP contribution < -0.4 is 5.32 Å². The summed E-state index contributed by atoms with van der Waals surface area (Å²) in [6, 6.07) is 0.376. The third kappa shape index (κ3) is 1.70. The number of hydrogen-bond donors (Lipinski definition) is 1. The molecule has 0 aromatic carbocycles. The molecule has 1 aliphatic rings. The van der Waals surface area contributed by atoms with Gasteiger partial charge in [-0.05, 0) is 36.2 Å². The van der Waals surface area contributed by atoms with Gasteiger partial charge in [-0.2, -0.15) is 0 Å². The van der Waals surface area contributed by atoms with Crippen LogP contribution in [-0.4, -0.2) is 26.8 Å². The molecule has 0 radical (unpaired) electrons. The molecule has 1 aromatic heterocycles. The topological polar surface area (TPSA) is 55.6 Å². The molecule has 5 heteroatoms. The monoisotopic (exact) mass is 181 g/mol.